The zero-order valence-corrected chi connectivity index (χ0v) is 10.9. The van der Waals surface area contributed by atoms with Crippen molar-refractivity contribution in [3.63, 3.8) is 0 Å². The molecule has 4 heteroatoms. The summed E-state index contributed by atoms with van der Waals surface area (Å²) in [5, 5.41) is 8.64. The van der Waals surface area contributed by atoms with Crippen molar-refractivity contribution < 1.29 is 9.13 Å². The molecule has 0 aliphatic rings. The number of ether oxygens (including phenoxy) is 1. The Kier molecular flexibility index (Phi) is 3.96. The molecule has 0 aromatic heterocycles. The number of rotatable bonds is 3. The minimum atomic E-state index is -0.427. The summed E-state index contributed by atoms with van der Waals surface area (Å²) in [4.78, 5) is 0. The van der Waals surface area contributed by atoms with Gasteiger partial charge in [0.05, 0.1) is 11.6 Å². The van der Waals surface area contributed by atoms with E-state index in [4.69, 9.17) is 10.00 Å². The molecule has 0 radical (unpaired) electrons. The molecule has 0 spiro atoms. The molecule has 0 heterocycles. The van der Waals surface area contributed by atoms with Gasteiger partial charge in [0.2, 0.25) is 0 Å². The van der Waals surface area contributed by atoms with Crippen LogP contribution in [0.25, 0.3) is 0 Å². The predicted molar refractivity (Wildman–Crippen MR) is 69.6 cm³/mol. The summed E-state index contributed by atoms with van der Waals surface area (Å²) in [6.45, 7) is 0.133. The van der Waals surface area contributed by atoms with Crippen molar-refractivity contribution in [2.45, 2.75) is 6.61 Å². The van der Waals surface area contributed by atoms with Gasteiger partial charge < -0.3 is 4.74 Å². The fraction of sp³-hybridized carbons (Fsp3) is 0.0714. The van der Waals surface area contributed by atoms with Crippen LogP contribution in [0, 0.1) is 17.1 Å². The highest BCUT2D eigenvalue weighted by atomic mass is 79.9. The summed E-state index contributed by atoms with van der Waals surface area (Å²) < 4.78 is 20.0. The molecule has 0 N–H and O–H groups in total. The van der Waals surface area contributed by atoms with E-state index in [2.05, 4.69) is 15.9 Å². The number of hydrogen-bond donors (Lipinski definition) is 0. The highest BCUT2D eigenvalue weighted by molar-refractivity contribution is 9.10. The first-order valence-electron chi connectivity index (χ1n) is 5.26. The van der Waals surface area contributed by atoms with Gasteiger partial charge in [-0.2, -0.15) is 5.26 Å². The van der Waals surface area contributed by atoms with E-state index in [1.807, 2.05) is 24.3 Å². The lowest BCUT2D eigenvalue weighted by atomic mass is 10.1. The van der Waals surface area contributed by atoms with E-state index in [1.165, 1.54) is 6.07 Å². The highest BCUT2D eigenvalue weighted by Gasteiger charge is 2.04. The lowest BCUT2D eigenvalue weighted by Crippen LogP contribution is -1.98. The first-order valence-corrected chi connectivity index (χ1v) is 6.05. The standard InChI is InChI=1S/C14H9BrFNO/c15-12-2-1-3-13(7-12)18-9-11-5-4-10(8-17)6-14(11)16/h1-7H,9H2. The molecule has 2 aromatic rings. The predicted octanol–water partition coefficient (Wildman–Crippen LogP) is 4.04. The van der Waals surface area contributed by atoms with Crippen LogP contribution in [-0.4, -0.2) is 0 Å². The van der Waals surface area contributed by atoms with Crippen LogP contribution < -0.4 is 4.74 Å². The average Bonchev–Trinajstić information content (AvgIpc) is 2.37. The van der Waals surface area contributed by atoms with Gasteiger partial charge >= 0.3 is 0 Å². The van der Waals surface area contributed by atoms with Crippen molar-refractivity contribution in [2.75, 3.05) is 0 Å². The SMILES string of the molecule is N#Cc1ccc(COc2cccc(Br)c2)c(F)c1. The molecule has 0 aliphatic heterocycles. The maximum atomic E-state index is 13.6. The molecule has 0 bridgehead atoms. The van der Waals surface area contributed by atoms with Crippen LogP contribution in [0.2, 0.25) is 0 Å². The van der Waals surface area contributed by atoms with Crippen LogP contribution >= 0.6 is 15.9 Å². The Morgan fingerprint density at radius 2 is 2.06 bits per heavy atom. The third-order valence-corrected chi connectivity index (χ3v) is 2.87. The molecule has 0 atom stereocenters. The van der Waals surface area contributed by atoms with Crippen molar-refractivity contribution in [3.05, 3.63) is 63.9 Å². The molecule has 2 rings (SSSR count). The summed E-state index contributed by atoms with van der Waals surface area (Å²) in [6.07, 6.45) is 0. The van der Waals surface area contributed by atoms with Crippen LogP contribution in [0.4, 0.5) is 4.39 Å². The largest absolute Gasteiger partial charge is 0.489 e. The van der Waals surface area contributed by atoms with E-state index in [1.54, 1.807) is 18.2 Å². The molecule has 0 saturated carbocycles. The third-order valence-electron chi connectivity index (χ3n) is 2.37. The summed E-state index contributed by atoms with van der Waals surface area (Å²) in [6, 6.07) is 13.6. The molecule has 0 unspecified atom stereocenters. The Morgan fingerprint density at radius 3 is 2.72 bits per heavy atom. The first-order chi connectivity index (χ1) is 8.69. The van der Waals surface area contributed by atoms with Gasteiger partial charge in [-0.1, -0.05) is 28.1 Å². The average molecular weight is 306 g/mol. The van der Waals surface area contributed by atoms with Gasteiger partial charge in [0.15, 0.2) is 0 Å². The summed E-state index contributed by atoms with van der Waals surface area (Å²) >= 11 is 3.33. The van der Waals surface area contributed by atoms with Crippen molar-refractivity contribution in [1.29, 1.82) is 5.26 Å². The maximum Gasteiger partial charge on any atom is 0.131 e. The molecular formula is C14H9BrFNO. The van der Waals surface area contributed by atoms with Crippen LogP contribution in [0.3, 0.4) is 0 Å². The van der Waals surface area contributed by atoms with Crippen molar-refractivity contribution in [3.8, 4) is 11.8 Å². The molecular weight excluding hydrogens is 297 g/mol. The fourth-order valence-corrected chi connectivity index (χ4v) is 1.83. The van der Waals surface area contributed by atoms with Crippen molar-refractivity contribution in [1.82, 2.24) is 0 Å². The minimum Gasteiger partial charge on any atom is -0.489 e. The molecule has 0 aliphatic carbocycles. The second-order valence-corrected chi connectivity index (χ2v) is 4.58. The highest BCUT2D eigenvalue weighted by Crippen LogP contribution is 2.19. The molecule has 18 heavy (non-hydrogen) atoms. The van der Waals surface area contributed by atoms with Crippen molar-refractivity contribution in [2.24, 2.45) is 0 Å². The van der Waals surface area contributed by atoms with Gasteiger partial charge in [0, 0.05) is 10.0 Å². The number of halogens is 2. The van der Waals surface area contributed by atoms with E-state index < -0.39 is 5.82 Å². The lowest BCUT2D eigenvalue weighted by Gasteiger charge is -2.07. The number of nitrogens with zero attached hydrogens (tertiary/aromatic N) is 1. The molecule has 90 valence electrons. The quantitative estimate of drug-likeness (QED) is 0.857. The molecule has 2 aromatic carbocycles. The topological polar surface area (TPSA) is 33.0 Å². The summed E-state index contributed by atoms with van der Waals surface area (Å²) in [5.74, 6) is 0.234. The molecule has 0 amide bonds. The van der Waals surface area contributed by atoms with Crippen molar-refractivity contribution >= 4 is 15.9 Å². The van der Waals surface area contributed by atoms with E-state index >= 15 is 0 Å². The second kappa shape index (κ2) is 5.65. The van der Waals surface area contributed by atoms with Gasteiger partial charge in [-0.15, -0.1) is 0 Å². The summed E-state index contributed by atoms with van der Waals surface area (Å²) in [7, 11) is 0. The van der Waals surface area contributed by atoms with Crippen LogP contribution in [0.5, 0.6) is 5.75 Å². The van der Waals surface area contributed by atoms with E-state index in [0.717, 1.165) is 4.47 Å². The van der Waals surface area contributed by atoms with Gasteiger partial charge in [0.25, 0.3) is 0 Å². The number of benzene rings is 2. The van der Waals surface area contributed by atoms with Gasteiger partial charge in [-0.05, 0) is 30.3 Å². The van der Waals surface area contributed by atoms with E-state index in [-0.39, 0.29) is 6.61 Å². The van der Waals surface area contributed by atoms with Crippen LogP contribution in [0.1, 0.15) is 11.1 Å². The fourth-order valence-electron chi connectivity index (χ4n) is 1.45. The van der Waals surface area contributed by atoms with Crippen LogP contribution in [0.15, 0.2) is 46.9 Å². The maximum absolute atomic E-state index is 13.6. The summed E-state index contributed by atoms with van der Waals surface area (Å²) in [5.41, 5.74) is 0.729. The normalized spacial score (nSPS) is 9.83. The Balaban J connectivity index is 2.09. The smallest absolute Gasteiger partial charge is 0.131 e. The lowest BCUT2D eigenvalue weighted by molar-refractivity contribution is 0.299. The molecule has 2 nitrogen and oxygen atoms in total. The van der Waals surface area contributed by atoms with Gasteiger partial charge in [-0.25, -0.2) is 4.39 Å². The number of nitriles is 1. The van der Waals surface area contributed by atoms with Crippen LogP contribution in [-0.2, 0) is 6.61 Å². The Bertz CT molecular complexity index is 607. The second-order valence-electron chi connectivity index (χ2n) is 3.66. The molecule has 0 fully saturated rings. The minimum absolute atomic E-state index is 0.133. The van der Waals surface area contributed by atoms with E-state index in [9.17, 15) is 4.39 Å². The van der Waals surface area contributed by atoms with Gasteiger partial charge in [0.1, 0.15) is 18.2 Å². The van der Waals surface area contributed by atoms with E-state index in [0.29, 0.717) is 16.9 Å². The monoisotopic (exact) mass is 305 g/mol. The third kappa shape index (κ3) is 3.08. The zero-order valence-electron chi connectivity index (χ0n) is 9.36. The molecule has 0 saturated heterocycles. The Hall–Kier alpha value is -1.86. The Morgan fingerprint density at radius 1 is 1.22 bits per heavy atom. The first kappa shape index (κ1) is 12.6. The number of hydrogen-bond acceptors (Lipinski definition) is 2. The Labute approximate surface area is 113 Å². The zero-order chi connectivity index (χ0) is 13.0. The van der Waals surface area contributed by atoms with Gasteiger partial charge in [-0.3, -0.25) is 0 Å².